The summed E-state index contributed by atoms with van der Waals surface area (Å²) >= 11 is 0. The van der Waals surface area contributed by atoms with Crippen molar-refractivity contribution in [2.45, 2.75) is 0 Å². The van der Waals surface area contributed by atoms with E-state index in [1.807, 2.05) is 12.1 Å². The zero-order valence-electron chi connectivity index (χ0n) is 16.9. The van der Waals surface area contributed by atoms with E-state index in [4.69, 9.17) is 18.9 Å². The molecule has 0 unspecified atom stereocenters. The number of benzene rings is 1. The summed E-state index contributed by atoms with van der Waals surface area (Å²) < 4.78 is 22.4. The standard InChI is InChI=1S/C23H30N2O4/c1(2-22-7-9-24-10-8-22)21-3-5-23(6-4-21)25-11-13-26-15-17-28-19-20-29-18-16-27-14-12-25/h1-10H,11-20H2/b2-1+. The highest BCUT2D eigenvalue weighted by Gasteiger charge is 2.07. The van der Waals surface area contributed by atoms with Gasteiger partial charge >= 0.3 is 0 Å². The predicted molar refractivity (Wildman–Crippen MR) is 115 cm³/mol. The number of hydrogen-bond acceptors (Lipinski definition) is 6. The van der Waals surface area contributed by atoms with Crippen LogP contribution in [0.4, 0.5) is 5.69 Å². The molecule has 156 valence electrons. The molecule has 0 radical (unpaired) electrons. The molecule has 1 fully saturated rings. The van der Waals surface area contributed by atoms with Crippen LogP contribution in [0.15, 0.2) is 48.8 Å². The van der Waals surface area contributed by atoms with Gasteiger partial charge in [-0.15, -0.1) is 0 Å². The van der Waals surface area contributed by atoms with Crippen LogP contribution in [0.25, 0.3) is 12.2 Å². The van der Waals surface area contributed by atoms with Gasteiger partial charge in [0.1, 0.15) is 0 Å². The van der Waals surface area contributed by atoms with Crippen LogP contribution in [0, 0.1) is 0 Å². The second-order valence-electron chi connectivity index (χ2n) is 6.64. The first-order valence-corrected chi connectivity index (χ1v) is 10.2. The summed E-state index contributed by atoms with van der Waals surface area (Å²) in [5, 5.41) is 0. The average Bonchev–Trinajstić information content (AvgIpc) is 2.78. The quantitative estimate of drug-likeness (QED) is 0.792. The van der Waals surface area contributed by atoms with Crippen molar-refractivity contribution in [2.75, 3.05) is 70.8 Å². The second-order valence-corrected chi connectivity index (χ2v) is 6.64. The van der Waals surface area contributed by atoms with Gasteiger partial charge in [0.25, 0.3) is 0 Å². The van der Waals surface area contributed by atoms with Crippen molar-refractivity contribution in [2.24, 2.45) is 0 Å². The third kappa shape index (κ3) is 8.33. The van der Waals surface area contributed by atoms with Gasteiger partial charge in [0, 0.05) is 31.2 Å². The Morgan fingerprint density at radius 2 is 1.03 bits per heavy atom. The van der Waals surface area contributed by atoms with E-state index in [0.717, 1.165) is 29.9 Å². The lowest BCUT2D eigenvalue weighted by molar-refractivity contribution is 0.00206. The van der Waals surface area contributed by atoms with Crippen molar-refractivity contribution < 1.29 is 18.9 Å². The minimum atomic E-state index is 0.595. The summed E-state index contributed by atoms with van der Waals surface area (Å²) in [7, 11) is 0. The van der Waals surface area contributed by atoms with E-state index in [9.17, 15) is 0 Å². The summed E-state index contributed by atoms with van der Waals surface area (Å²) in [4.78, 5) is 6.33. The number of pyridine rings is 1. The van der Waals surface area contributed by atoms with Gasteiger partial charge in [-0.05, 0) is 35.4 Å². The molecule has 1 saturated heterocycles. The van der Waals surface area contributed by atoms with Gasteiger partial charge in [-0.2, -0.15) is 0 Å². The molecule has 1 aliphatic rings. The largest absolute Gasteiger partial charge is 0.377 e. The van der Waals surface area contributed by atoms with E-state index in [2.05, 4.69) is 46.3 Å². The normalized spacial score (nSPS) is 18.3. The van der Waals surface area contributed by atoms with Gasteiger partial charge in [0.2, 0.25) is 0 Å². The summed E-state index contributed by atoms with van der Waals surface area (Å²) in [6.45, 7) is 6.52. The van der Waals surface area contributed by atoms with Crippen molar-refractivity contribution in [3.05, 3.63) is 59.9 Å². The Balaban J connectivity index is 1.56. The lowest BCUT2D eigenvalue weighted by atomic mass is 10.1. The molecule has 0 atom stereocenters. The molecular weight excluding hydrogens is 368 g/mol. The van der Waals surface area contributed by atoms with Gasteiger partial charge in [-0.3, -0.25) is 4.98 Å². The SMILES string of the molecule is C(=C\c1ccc(N2CCOCCOCCOCCOCC2)cc1)/c1ccncc1. The van der Waals surface area contributed by atoms with Crippen LogP contribution in [0.5, 0.6) is 0 Å². The summed E-state index contributed by atoms with van der Waals surface area (Å²) in [5.41, 5.74) is 3.46. The Morgan fingerprint density at radius 3 is 1.55 bits per heavy atom. The lowest BCUT2D eigenvalue weighted by Crippen LogP contribution is -2.31. The highest BCUT2D eigenvalue weighted by atomic mass is 16.6. The Labute approximate surface area is 173 Å². The van der Waals surface area contributed by atoms with Crippen LogP contribution in [-0.2, 0) is 18.9 Å². The second kappa shape index (κ2) is 13.1. The van der Waals surface area contributed by atoms with Crippen LogP contribution in [0.3, 0.4) is 0 Å². The number of aromatic nitrogens is 1. The fourth-order valence-corrected chi connectivity index (χ4v) is 2.94. The third-order valence-corrected chi connectivity index (χ3v) is 4.56. The van der Waals surface area contributed by atoms with E-state index in [-0.39, 0.29) is 0 Å². The van der Waals surface area contributed by atoms with Gasteiger partial charge in [-0.25, -0.2) is 0 Å². The Kier molecular flexibility index (Phi) is 9.67. The number of hydrogen-bond donors (Lipinski definition) is 0. The van der Waals surface area contributed by atoms with Crippen molar-refractivity contribution >= 4 is 17.8 Å². The lowest BCUT2D eigenvalue weighted by Gasteiger charge is -2.25. The topological polar surface area (TPSA) is 53.1 Å². The molecular formula is C23H30N2O4. The monoisotopic (exact) mass is 398 g/mol. The first-order valence-electron chi connectivity index (χ1n) is 10.2. The predicted octanol–water partition coefficient (Wildman–Crippen LogP) is 3.14. The highest BCUT2D eigenvalue weighted by Crippen LogP contribution is 2.17. The summed E-state index contributed by atoms with van der Waals surface area (Å²) in [5.74, 6) is 0. The molecule has 1 aliphatic heterocycles. The fraction of sp³-hybridized carbons (Fsp3) is 0.435. The van der Waals surface area contributed by atoms with Crippen LogP contribution in [0.1, 0.15) is 11.1 Å². The smallest absolute Gasteiger partial charge is 0.0701 e. The number of rotatable bonds is 3. The summed E-state index contributed by atoms with van der Waals surface area (Å²) in [6, 6.07) is 12.5. The third-order valence-electron chi connectivity index (χ3n) is 4.56. The Hall–Kier alpha value is -2.25. The molecule has 0 bridgehead atoms. The maximum absolute atomic E-state index is 5.71. The molecule has 0 spiro atoms. The minimum Gasteiger partial charge on any atom is -0.377 e. The zero-order valence-corrected chi connectivity index (χ0v) is 16.9. The van der Waals surface area contributed by atoms with Gasteiger partial charge in [0.05, 0.1) is 52.9 Å². The molecule has 1 aromatic heterocycles. The minimum absolute atomic E-state index is 0.595. The number of nitrogens with zero attached hydrogens (tertiary/aromatic N) is 2. The number of anilines is 1. The van der Waals surface area contributed by atoms with Crippen molar-refractivity contribution in [1.29, 1.82) is 0 Å². The van der Waals surface area contributed by atoms with E-state index in [1.165, 1.54) is 0 Å². The molecule has 0 N–H and O–H groups in total. The van der Waals surface area contributed by atoms with Gasteiger partial charge in [-0.1, -0.05) is 24.3 Å². The van der Waals surface area contributed by atoms with Crippen LogP contribution < -0.4 is 4.90 Å². The van der Waals surface area contributed by atoms with Crippen molar-refractivity contribution in [3.63, 3.8) is 0 Å². The molecule has 2 aromatic rings. The van der Waals surface area contributed by atoms with Crippen molar-refractivity contribution in [3.8, 4) is 0 Å². The Bertz CT molecular complexity index is 691. The Morgan fingerprint density at radius 1 is 0.586 bits per heavy atom. The van der Waals surface area contributed by atoms with E-state index in [1.54, 1.807) is 12.4 Å². The molecule has 6 heteroatoms. The van der Waals surface area contributed by atoms with Gasteiger partial charge in [0.15, 0.2) is 0 Å². The summed E-state index contributed by atoms with van der Waals surface area (Å²) in [6.07, 6.45) is 7.80. The van der Waals surface area contributed by atoms with Crippen LogP contribution in [0.2, 0.25) is 0 Å². The van der Waals surface area contributed by atoms with E-state index >= 15 is 0 Å². The molecule has 0 amide bonds. The molecule has 6 nitrogen and oxygen atoms in total. The maximum Gasteiger partial charge on any atom is 0.0701 e. The van der Waals surface area contributed by atoms with Crippen molar-refractivity contribution in [1.82, 2.24) is 4.98 Å². The molecule has 1 aromatic carbocycles. The molecule has 0 saturated carbocycles. The fourth-order valence-electron chi connectivity index (χ4n) is 2.94. The highest BCUT2D eigenvalue weighted by molar-refractivity contribution is 5.70. The van der Waals surface area contributed by atoms with E-state index < -0.39 is 0 Å². The zero-order chi connectivity index (χ0) is 20.0. The van der Waals surface area contributed by atoms with Crippen LogP contribution in [-0.4, -0.2) is 70.9 Å². The van der Waals surface area contributed by atoms with Gasteiger partial charge < -0.3 is 23.8 Å². The number of ether oxygens (including phenoxy) is 4. The average molecular weight is 399 g/mol. The maximum atomic E-state index is 5.71. The molecule has 3 rings (SSSR count). The molecule has 29 heavy (non-hydrogen) atoms. The molecule has 2 heterocycles. The first-order chi connectivity index (χ1) is 14.4. The van der Waals surface area contributed by atoms with Crippen LogP contribution >= 0.6 is 0 Å². The van der Waals surface area contributed by atoms with E-state index in [0.29, 0.717) is 52.9 Å². The molecule has 0 aliphatic carbocycles. The first kappa shape index (κ1) is 21.5.